The number of hydrogen-bond acceptors (Lipinski definition) is 4. The summed E-state index contributed by atoms with van der Waals surface area (Å²) in [6, 6.07) is 2.59. The number of nitrogens with zero attached hydrogens (tertiary/aromatic N) is 3. The number of ether oxygens (including phenoxy) is 1. The summed E-state index contributed by atoms with van der Waals surface area (Å²) >= 11 is 0. The lowest BCUT2D eigenvalue weighted by atomic mass is 10.1. The van der Waals surface area contributed by atoms with Gasteiger partial charge in [0.05, 0.1) is 25.3 Å². The molecule has 2 atom stereocenters. The quantitative estimate of drug-likeness (QED) is 0.868. The fraction of sp³-hybridized carbons (Fsp3) is 0.714. The Hall–Kier alpha value is -1.56. The van der Waals surface area contributed by atoms with Crippen LogP contribution >= 0.6 is 0 Å². The third kappa shape index (κ3) is 1.90. The maximum absolute atomic E-state index is 12.0. The van der Waals surface area contributed by atoms with Crippen molar-refractivity contribution in [1.29, 1.82) is 0 Å². The predicted octanol–water partition coefficient (Wildman–Crippen LogP) is 0.803. The van der Waals surface area contributed by atoms with Crippen LogP contribution in [0.1, 0.15) is 36.3 Å². The van der Waals surface area contributed by atoms with E-state index in [-0.39, 0.29) is 5.91 Å². The summed E-state index contributed by atoms with van der Waals surface area (Å²) in [6.07, 6.45) is 2.51. The van der Waals surface area contributed by atoms with Gasteiger partial charge in [-0.2, -0.15) is 5.10 Å². The minimum atomic E-state index is 0.00145. The van der Waals surface area contributed by atoms with Crippen molar-refractivity contribution in [2.75, 3.05) is 31.2 Å². The van der Waals surface area contributed by atoms with E-state index in [1.807, 2.05) is 10.7 Å². The van der Waals surface area contributed by atoms with Crippen molar-refractivity contribution in [2.24, 2.45) is 5.92 Å². The van der Waals surface area contributed by atoms with Gasteiger partial charge in [-0.25, -0.2) is 0 Å². The molecule has 2 fully saturated rings. The van der Waals surface area contributed by atoms with E-state index in [1.54, 1.807) is 0 Å². The molecule has 3 aliphatic rings. The first-order valence-corrected chi connectivity index (χ1v) is 7.46. The van der Waals surface area contributed by atoms with E-state index in [9.17, 15) is 4.79 Å². The third-order valence-electron chi connectivity index (χ3n) is 4.57. The molecule has 0 unspecified atom stereocenters. The molecule has 20 heavy (non-hydrogen) atoms. The van der Waals surface area contributed by atoms with Gasteiger partial charge in [0, 0.05) is 19.2 Å². The molecule has 3 heterocycles. The van der Waals surface area contributed by atoms with E-state index in [4.69, 9.17) is 9.84 Å². The molecular formula is C14H20N4O2. The van der Waals surface area contributed by atoms with Crippen LogP contribution in [-0.2, 0) is 4.74 Å². The molecule has 0 spiro atoms. The summed E-state index contributed by atoms with van der Waals surface area (Å²) in [4.78, 5) is 14.3. The van der Waals surface area contributed by atoms with Gasteiger partial charge in [-0.1, -0.05) is 0 Å². The Morgan fingerprint density at radius 3 is 3.05 bits per heavy atom. The van der Waals surface area contributed by atoms with Crippen LogP contribution < -0.4 is 10.2 Å². The largest absolute Gasteiger partial charge is 0.377 e. The summed E-state index contributed by atoms with van der Waals surface area (Å²) in [5.74, 6) is 1.60. The van der Waals surface area contributed by atoms with E-state index >= 15 is 0 Å². The van der Waals surface area contributed by atoms with E-state index in [0.717, 1.165) is 32.1 Å². The number of amides is 1. The van der Waals surface area contributed by atoms with Crippen LogP contribution in [0.25, 0.3) is 0 Å². The molecule has 1 saturated heterocycles. The maximum Gasteiger partial charge on any atom is 0.269 e. The monoisotopic (exact) mass is 276 g/mol. The lowest BCUT2D eigenvalue weighted by Gasteiger charge is -2.33. The van der Waals surface area contributed by atoms with Gasteiger partial charge in [-0.3, -0.25) is 9.48 Å². The molecule has 1 amide bonds. The molecule has 1 saturated carbocycles. The van der Waals surface area contributed by atoms with Gasteiger partial charge < -0.3 is 15.0 Å². The lowest BCUT2D eigenvalue weighted by molar-refractivity contribution is 0.0903. The summed E-state index contributed by atoms with van der Waals surface area (Å²) in [7, 11) is 0. The van der Waals surface area contributed by atoms with Crippen LogP contribution in [-0.4, -0.2) is 48.0 Å². The van der Waals surface area contributed by atoms with Crippen LogP contribution in [0.3, 0.4) is 0 Å². The molecule has 2 aliphatic heterocycles. The second-order valence-corrected chi connectivity index (χ2v) is 6.06. The van der Waals surface area contributed by atoms with Crippen molar-refractivity contribution in [3.63, 3.8) is 0 Å². The maximum atomic E-state index is 12.0. The highest BCUT2D eigenvalue weighted by atomic mass is 16.5. The lowest BCUT2D eigenvalue weighted by Crippen LogP contribution is -2.44. The van der Waals surface area contributed by atoms with E-state index < -0.39 is 0 Å². The molecule has 6 heteroatoms. The number of nitrogens with one attached hydrogen (secondary N) is 1. The molecule has 0 radical (unpaired) electrons. The van der Waals surface area contributed by atoms with Crippen LogP contribution in [0, 0.1) is 5.92 Å². The third-order valence-corrected chi connectivity index (χ3v) is 4.57. The summed E-state index contributed by atoms with van der Waals surface area (Å²) in [6.45, 7) is 5.14. The predicted molar refractivity (Wildman–Crippen MR) is 73.9 cm³/mol. The molecule has 4 rings (SSSR count). The van der Waals surface area contributed by atoms with E-state index in [0.29, 0.717) is 23.7 Å². The van der Waals surface area contributed by atoms with Crippen molar-refractivity contribution in [1.82, 2.24) is 15.1 Å². The zero-order chi connectivity index (χ0) is 13.7. The number of carbonyl (C=O) groups excluding carboxylic acids is 1. The van der Waals surface area contributed by atoms with Gasteiger partial charge in [0.25, 0.3) is 5.91 Å². The number of rotatable bonds is 2. The van der Waals surface area contributed by atoms with Crippen LogP contribution in [0.15, 0.2) is 6.07 Å². The first kappa shape index (κ1) is 12.2. The SMILES string of the molecule is C[C@@H]1COCCN1c1cc2n(n1)[C@@H](C1CC1)CNC2=O. The molecular weight excluding hydrogens is 256 g/mol. The van der Waals surface area contributed by atoms with Crippen LogP contribution in [0.4, 0.5) is 5.82 Å². The van der Waals surface area contributed by atoms with Crippen molar-refractivity contribution in [3.8, 4) is 0 Å². The Bertz CT molecular complexity index is 537. The Kier molecular flexibility index (Phi) is 2.73. The standard InChI is InChI=1S/C14H20N4O2/c1-9-8-20-5-4-17(9)13-6-11-14(19)15-7-12(10-2-3-10)18(11)16-13/h6,9-10,12H,2-5,7-8H2,1H3,(H,15,19)/t9-,12-/m1/s1. The molecule has 1 aliphatic carbocycles. The smallest absolute Gasteiger partial charge is 0.269 e. The zero-order valence-electron chi connectivity index (χ0n) is 11.7. The van der Waals surface area contributed by atoms with Crippen molar-refractivity contribution < 1.29 is 9.53 Å². The first-order chi connectivity index (χ1) is 9.74. The summed E-state index contributed by atoms with van der Waals surface area (Å²) in [5.41, 5.74) is 0.710. The highest BCUT2D eigenvalue weighted by Crippen LogP contribution is 2.41. The molecule has 108 valence electrons. The molecule has 0 bridgehead atoms. The van der Waals surface area contributed by atoms with Crippen molar-refractivity contribution in [2.45, 2.75) is 31.8 Å². The van der Waals surface area contributed by atoms with Crippen LogP contribution in [0.2, 0.25) is 0 Å². The number of carbonyl (C=O) groups is 1. The number of aromatic nitrogens is 2. The molecule has 1 aromatic rings. The van der Waals surface area contributed by atoms with Gasteiger partial charge in [-0.15, -0.1) is 0 Å². The average molecular weight is 276 g/mol. The van der Waals surface area contributed by atoms with Gasteiger partial charge in [0.1, 0.15) is 5.69 Å². The van der Waals surface area contributed by atoms with E-state index in [2.05, 4.69) is 17.1 Å². The van der Waals surface area contributed by atoms with Gasteiger partial charge in [0.15, 0.2) is 5.82 Å². The van der Waals surface area contributed by atoms with Crippen LogP contribution in [0.5, 0.6) is 0 Å². The van der Waals surface area contributed by atoms with Crippen molar-refractivity contribution >= 4 is 11.7 Å². The molecule has 1 N–H and O–H groups in total. The van der Waals surface area contributed by atoms with Gasteiger partial charge in [0.2, 0.25) is 0 Å². The number of anilines is 1. The van der Waals surface area contributed by atoms with Crippen molar-refractivity contribution in [3.05, 3.63) is 11.8 Å². The topological polar surface area (TPSA) is 59.4 Å². The fourth-order valence-corrected chi connectivity index (χ4v) is 3.23. The van der Waals surface area contributed by atoms with E-state index in [1.165, 1.54) is 12.8 Å². The minimum absolute atomic E-state index is 0.00145. The van der Waals surface area contributed by atoms with Gasteiger partial charge >= 0.3 is 0 Å². The Morgan fingerprint density at radius 1 is 1.45 bits per heavy atom. The summed E-state index contributed by atoms with van der Waals surface area (Å²) < 4.78 is 7.44. The Morgan fingerprint density at radius 2 is 2.30 bits per heavy atom. The highest BCUT2D eigenvalue weighted by Gasteiger charge is 2.38. The molecule has 1 aromatic heterocycles. The molecule has 0 aromatic carbocycles. The number of morpholine rings is 1. The fourth-order valence-electron chi connectivity index (χ4n) is 3.23. The first-order valence-electron chi connectivity index (χ1n) is 7.46. The second kappa shape index (κ2) is 4.48. The number of hydrogen-bond donors (Lipinski definition) is 1. The zero-order valence-corrected chi connectivity index (χ0v) is 11.7. The normalized spacial score (nSPS) is 30.1. The highest BCUT2D eigenvalue weighted by molar-refractivity contribution is 5.94. The average Bonchev–Trinajstić information content (AvgIpc) is 3.18. The minimum Gasteiger partial charge on any atom is -0.377 e. The Balaban J connectivity index is 1.68. The number of fused-ring (bicyclic) bond motifs is 1. The summed E-state index contributed by atoms with van der Waals surface area (Å²) in [5, 5.41) is 7.74. The molecule has 6 nitrogen and oxygen atoms in total. The van der Waals surface area contributed by atoms with Gasteiger partial charge in [-0.05, 0) is 25.7 Å². The second-order valence-electron chi connectivity index (χ2n) is 6.06. The Labute approximate surface area is 118 Å².